The molecule has 96 valence electrons. The molecule has 1 aromatic heterocycles. The van der Waals surface area contributed by atoms with Gasteiger partial charge in [0.05, 0.1) is 5.60 Å². The van der Waals surface area contributed by atoms with E-state index in [9.17, 15) is 9.90 Å². The van der Waals surface area contributed by atoms with Crippen LogP contribution in [0.4, 0.5) is 0 Å². The van der Waals surface area contributed by atoms with Crippen LogP contribution in [0.15, 0.2) is 30.6 Å². The molecule has 1 aliphatic heterocycles. The fraction of sp³-hybridized carbons (Fsp3) is 0.429. The van der Waals surface area contributed by atoms with Gasteiger partial charge in [0.2, 0.25) is 5.91 Å². The van der Waals surface area contributed by atoms with Crippen molar-refractivity contribution in [2.75, 3.05) is 13.1 Å². The van der Waals surface area contributed by atoms with Crippen LogP contribution in [0.5, 0.6) is 0 Å². The summed E-state index contributed by atoms with van der Waals surface area (Å²) in [6.07, 6.45) is 8.02. The molecule has 0 radical (unpaired) electrons. The van der Waals surface area contributed by atoms with Crippen molar-refractivity contribution in [2.24, 2.45) is 0 Å². The minimum Gasteiger partial charge on any atom is -0.390 e. The lowest BCUT2D eigenvalue weighted by Crippen LogP contribution is -2.44. The Kier molecular flexibility index (Phi) is 3.77. The Bertz CT molecular complexity index is 430. The van der Waals surface area contributed by atoms with Crippen molar-refractivity contribution < 1.29 is 9.90 Å². The molecule has 4 nitrogen and oxygen atoms in total. The van der Waals surface area contributed by atoms with Crippen molar-refractivity contribution in [3.05, 3.63) is 36.2 Å². The van der Waals surface area contributed by atoms with E-state index in [1.165, 1.54) is 0 Å². The topological polar surface area (TPSA) is 53.4 Å². The van der Waals surface area contributed by atoms with E-state index in [0.29, 0.717) is 25.9 Å². The minimum absolute atomic E-state index is 0.00523. The summed E-state index contributed by atoms with van der Waals surface area (Å²) < 4.78 is 0. The van der Waals surface area contributed by atoms with Crippen LogP contribution >= 0.6 is 0 Å². The van der Waals surface area contributed by atoms with E-state index >= 15 is 0 Å². The second kappa shape index (κ2) is 5.31. The van der Waals surface area contributed by atoms with Crippen LogP contribution in [-0.4, -0.2) is 39.6 Å². The molecule has 2 rings (SSSR count). The summed E-state index contributed by atoms with van der Waals surface area (Å²) in [6, 6.07) is 3.74. The Morgan fingerprint density at radius 2 is 2.22 bits per heavy atom. The smallest absolute Gasteiger partial charge is 0.246 e. The van der Waals surface area contributed by atoms with Crippen LogP contribution in [0.2, 0.25) is 0 Å². The summed E-state index contributed by atoms with van der Waals surface area (Å²) in [5, 5.41) is 9.82. The standard InChI is InChI=1S/C14H18N2O2/c1-14(18)6-9-16(10-7-14)13(17)5-4-12-3-2-8-15-11-12/h2-5,8,11,18H,6-7,9-10H2,1H3/b5-4+. The zero-order valence-corrected chi connectivity index (χ0v) is 10.5. The highest BCUT2D eigenvalue weighted by Gasteiger charge is 2.28. The number of rotatable bonds is 2. The predicted octanol–water partition coefficient (Wildman–Crippen LogP) is 1.47. The molecule has 1 amide bonds. The van der Waals surface area contributed by atoms with Crippen molar-refractivity contribution in [2.45, 2.75) is 25.4 Å². The second-order valence-electron chi connectivity index (χ2n) is 4.94. The van der Waals surface area contributed by atoms with Gasteiger partial charge in [-0.25, -0.2) is 0 Å². The molecule has 1 aromatic rings. The average molecular weight is 246 g/mol. The largest absolute Gasteiger partial charge is 0.390 e. The average Bonchev–Trinajstić information content (AvgIpc) is 2.37. The number of amides is 1. The van der Waals surface area contributed by atoms with Gasteiger partial charge in [-0.05, 0) is 37.5 Å². The zero-order chi connectivity index (χ0) is 13.0. The number of aliphatic hydroxyl groups is 1. The van der Waals surface area contributed by atoms with Gasteiger partial charge in [0.25, 0.3) is 0 Å². The lowest BCUT2D eigenvalue weighted by Gasteiger charge is -2.35. The third kappa shape index (κ3) is 3.40. The maximum Gasteiger partial charge on any atom is 0.246 e. The van der Waals surface area contributed by atoms with Gasteiger partial charge < -0.3 is 10.0 Å². The molecule has 2 heterocycles. The zero-order valence-electron chi connectivity index (χ0n) is 10.5. The third-order valence-corrected chi connectivity index (χ3v) is 3.26. The van der Waals surface area contributed by atoms with Gasteiger partial charge in [-0.3, -0.25) is 9.78 Å². The molecule has 4 heteroatoms. The lowest BCUT2D eigenvalue weighted by molar-refractivity contribution is -0.129. The molecular formula is C14H18N2O2. The summed E-state index contributed by atoms with van der Waals surface area (Å²) in [5.74, 6) is -0.00523. The van der Waals surface area contributed by atoms with Gasteiger partial charge in [0.15, 0.2) is 0 Å². The van der Waals surface area contributed by atoms with Crippen LogP contribution in [0, 0.1) is 0 Å². The van der Waals surface area contributed by atoms with E-state index < -0.39 is 5.60 Å². The Morgan fingerprint density at radius 3 is 2.83 bits per heavy atom. The Labute approximate surface area is 107 Å². The van der Waals surface area contributed by atoms with E-state index in [0.717, 1.165) is 5.56 Å². The molecule has 1 fully saturated rings. The van der Waals surface area contributed by atoms with Crippen molar-refractivity contribution >= 4 is 12.0 Å². The van der Waals surface area contributed by atoms with Gasteiger partial charge >= 0.3 is 0 Å². The Balaban J connectivity index is 1.91. The van der Waals surface area contributed by atoms with Crippen LogP contribution in [-0.2, 0) is 4.79 Å². The maximum absolute atomic E-state index is 11.9. The first-order valence-electron chi connectivity index (χ1n) is 6.16. The predicted molar refractivity (Wildman–Crippen MR) is 69.7 cm³/mol. The van der Waals surface area contributed by atoms with Gasteiger partial charge in [-0.15, -0.1) is 0 Å². The van der Waals surface area contributed by atoms with E-state index in [4.69, 9.17) is 0 Å². The van der Waals surface area contributed by atoms with Gasteiger partial charge in [-0.2, -0.15) is 0 Å². The van der Waals surface area contributed by atoms with Gasteiger partial charge in [-0.1, -0.05) is 6.07 Å². The third-order valence-electron chi connectivity index (χ3n) is 3.26. The SMILES string of the molecule is CC1(O)CCN(C(=O)/C=C/c2cccnc2)CC1. The van der Waals surface area contributed by atoms with Gasteiger partial charge in [0, 0.05) is 31.6 Å². The molecule has 1 saturated heterocycles. The number of aromatic nitrogens is 1. The molecule has 1 aliphatic rings. The molecule has 0 saturated carbocycles. The Morgan fingerprint density at radius 1 is 1.50 bits per heavy atom. The highest BCUT2D eigenvalue weighted by atomic mass is 16.3. The number of piperidine rings is 1. The number of carbonyl (C=O) groups is 1. The summed E-state index contributed by atoms with van der Waals surface area (Å²) in [6.45, 7) is 3.05. The van der Waals surface area contributed by atoms with E-state index in [1.54, 1.807) is 29.4 Å². The van der Waals surface area contributed by atoms with Crippen molar-refractivity contribution in [1.82, 2.24) is 9.88 Å². The molecule has 1 N–H and O–H groups in total. The highest BCUT2D eigenvalue weighted by molar-refractivity contribution is 5.91. The number of carbonyl (C=O) groups excluding carboxylic acids is 1. The number of likely N-dealkylation sites (tertiary alicyclic amines) is 1. The van der Waals surface area contributed by atoms with Crippen molar-refractivity contribution in [1.29, 1.82) is 0 Å². The summed E-state index contributed by atoms with van der Waals surface area (Å²) >= 11 is 0. The maximum atomic E-state index is 11.9. The Hall–Kier alpha value is -1.68. The molecule has 0 unspecified atom stereocenters. The van der Waals surface area contributed by atoms with Gasteiger partial charge in [0.1, 0.15) is 0 Å². The summed E-state index contributed by atoms with van der Waals surface area (Å²) in [5.41, 5.74) is 0.291. The van der Waals surface area contributed by atoms with Crippen LogP contribution in [0.25, 0.3) is 6.08 Å². The summed E-state index contributed by atoms with van der Waals surface area (Å²) in [7, 11) is 0. The van der Waals surface area contributed by atoms with Crippen molar-refractivity contribution in [3.8, 4) is 0 Å². The molecule has 0 spiro atoms. The van der Waals surface area contributed by atoms with E-state index in [2.05, 4.69) is 4.98 Å². The number of nitrogens with zero attached hydrogens (tertiary/aromatic N) is 2. The fourth-order valence-corrected chi connectivity index (χ4v) is 1.96. The normalized spacial score (nSPS) is 19.1. The quantitative estimate of drug-likeness (QED) is 0.804. The van der Waals surface area contributed by atoms with Crippen molar-refractivity contribution in [3.63, 3.8) is 0 Å². The van der Waals surface area contributed by atoms with Crippen LogP contribution in [0.1, 0.15) is 25.3 Å². The van der Waals surface area contributed by atoms with Crippen LogP contribution < -0.4 is 0 Å². The summed E-state index contributed by atoms with van der Waals surface area (Å²) in [4.78, 5) is 17.7. The monoisotopic (exact) mass is 246 g/mol. The number of pyridine rings is 1. The molecule has 0 aliphatic carbocycles. The number of hydrogen-bond acceptors (Lipinski definition) is 3. The molecule has 0 aromatic carbocycles. The molecule has 0 bridgehead atoms. The lowest BCUT2D eigenvalue weighted by atomic mass is 9.94. The van der Waals surface area contributed by atoms with E-state index in [1.807, 2.05) is 19.1 Å². The first-order valence-corrected chi connectivity index (χ1v) is 6.16. The van der Waals surface area contributed by atoms with Crippen LogP contribution in [0.3, 0.4) is 0 Å². The molecular weight excluding hydrogens is 228 g/mol. The molecule has 0 atom stereocenters. The first-order chi connectivity index (χ1) is 8.57. The minimum atomic E-state index is -0.621. The fourth-order valence-electron chi connectivity index (χ4n) is 1.96. The highest BCUT2D eigenvalue weighted by Crippen LogP contribution is 2.21. The molecule has 18 heavy (non-hydrogen) atoms. The van der Waals surface area contributed by atoms with E-state index in [-0.39, 0.29) is 5.91 Å². The number of hydrogen-bond donors (Lipinski definition) is 1. The second-order valence-corrected chi connectivity index (χ2v) is 4.94. The first kappa shape index (κ1) is 12.8.